The second-order valence-corrected chi connectivity index (χ2v) is 2.02. The molecule has 8 heavy (non-hydrogen) atoms. The highest BCUT2D eigenvalue weighted by Crippen LogP contribution is 1.83. The highest BCUT2D eigenvalue weighted by molar-refractivity contribution is 4.74. The van der Waals surface area contributed by atoms with Gasteiger partial charge in [0.15, 0.2) is 0 Å². The fourth-order valence-electron chi connectivity index (χ4n) is 0.817. The predicted molar refractivity (Wildman–Crippen MR) is 32.7 cm³/mol. The summed E-state index contributed by atoms with van der Waals surface area (Å²) in [5.41, 5.74) is 5.38. The van der Waals surface area contributed by atoms with Gasteiger partial charge in [-0.25, -0.2) is 5.32 Å². The molecule has 0 aromatic heterocycles. The van der Waals surface area contributed by atoms with Crippen LogP contribution in [0.4, 0.5) is 0 Å². The molecule has 0 aromatic rings. The second kappa shape index (κ2) is 3.02. The third-order valence-corrected chi connectivity index (χ3v) is 1.34. The Kier molecular flexibility index (Phi) is 2.27. The number of nitrogens with one attached hydrogen (secondary N) is 1. The Hall–Kier alpha value is -0.120. The zero-order valence-corrected chi connectivity index (χ0v) is 4.93. The topological polar surface area (TPSA) is 52.2 Å². The SMILES string of the molecule is NCC1C[N]CCN1. The maximum atomic E-state index is 5.38. The normalized spacial score (nSPS) is 30.4. The number of nitrogens with zero attached hydrogens (tertiary/aromatic N) is 1. The predicted octanol–water partition coefficient (Wildman–Crippen LogP) is -1.48. The quantitative estimate of drug-likeness (QED) is 0.437. The van der Waals surface area contributed by atoms with Crippen molar-refractivity contribution in [3.05, 3.63) is 0 Å². The molecule has 1 aliphatic rings. The number of piperazine rings is 1. The van der Waals surface area contributed by atoms with Gasteiger partial charge in [0.2, 0.25) is 0 Å². The Morgan fingerprint density at radius 2 is 2.62 bits per heavy atom. The molecule has 3 N–H and O–H groups in total. The van der Waals surface area contributed by atoms with E-state index >= 15 is 0 Å². The summed E-state index contributed by atoms with van der Waals surface area (Å²) in [6.07, 6.45) is 0. The van der Waals surface area contributed by atoms with Crippen molar-refractivity contribution < 1.29 is 0 Å². The fraction of sp³-hybridized carbons (Fsp3) is 1.00. The average Bonchev–Trinajstić information content (AvgIpc) is 1.90. The molecular formula is C5H12N3. The summed E-state index contributed by atoms with van der Waals surface area (Å²) >= 11 is 0. The molecule has 1 saturated heterocycles. The largest absolute Gasteiger partial charge is 0.329 e. The Labute approximate surface area is 49.6 Å². The van der Waals surface area contributed by atoms with Gasteiger partial charge in [-0.15, -0.1) is 0 Å². The van der Waals surface area contributed by atoms with Crippen LogP contribution in [0.1, 0.15) is 0 Å². The summed E-state index contributed by atoms with van der Waals surface area (Å²) in [6, 6.07) is 0.448. The van der Waals surface area contributed by atoms with E-state index in [9.17, 15) is 0 Å². The molecule has 1 unspecified atom stereocenters. The van der Waals surface area contributed by atoms with Crippen molar-refractivity contribution >= 4 is 0 Å². The Bertz CT molecular complexity index is 58.7. The molecular weight excluding hydrogens is 102 g/mol. The van der Waals surface area contributed by atoms with E-state index in [-0.39, 0.29) is 0 Å². The van der Waals surface area contributed by atoms with Crippen molar-refractivity contribution in [2.75, 3.05) is 26.2 Å². The van der Waals surface area contributed by atoms with E-state index in [0.29, 0.717) is 12.6 Å². The Balaban J connectivity index is 2.13. The highest BCUT2D eigenvalue weighted by Gasteiger charge is 2.08. The minimum atomic E-state index is 0.448. The summed E-state index contributed by atoms with van der Waals surface area (Å²) in [7, 11) is 0. The first kappa shape index (κ1) is 6.01. The zero-order chi connectivity index (χ0) is 5.82. The van der Waals surface area contributed by atoms with Crippen molar-refractivity contribution in [2.45, 2.75) is 6.04 Å². The van der Waals surface area contributed by atoms with E-state index in [2.05, 4.69) is 10.6 Å². The van der Waals surface area contributed by atoms with Gasteiger partial charge in [-0.1, -0.05) is 0 Å². The zero-order valence-electron chi connectivity index (χ0n) is 4.93. The molecule has 0 aromatic carbocycles. The maximum Gasteiger partial charge on any atom is 0.0332 e. The van der Waals surface area contributed by atoms with Crippen LogP contribution in [0.3, 0.4) is 0 Å². The summed E-state index contributed by atoms with van der Waals surface area (Å²) < 4.78 is 0. The van der Waals surface area contributed by atoms with Crippen LogP contribution in [0, 0.1) is 0 Å². The lowest BCUT2D eigenvalue weighted by Crippen LogP contribution is -2.48. The fourth-order valence-corrected chi connectivity index (χ4v) is 0.817. The molecule has 0 spiro atoms. The number of hydrogen-bond donors (Lipinski definition) is 2. The van der Waals surface area contributed by atoms with Crippen molar-refractivity contribution in [1.29, 1.82) is 0 Å². The lowest BCUT2D eigenvalue weighted by Gasteiger charge is -2.21. The molecule has 3 heteroatoms. The van der Waals surface area contributed by atoms with Crippen LogP contribution in [0.15, 0.2) is 0 Å². The molecule has 1 rings (SSSR count). The molecule has 1 radical (unpaired) electrons. The minimum absolute atomic E-state index is 0.448. The standard InChI is InChI=1S/C5H12N3/c6-3-5-4-7-1-2-8-5/h5,8H,1-4,6H2. The maximum absolute atomic E-state index is 5.38. The summed E-state index contributed by atoms with van der Waals surface area (Å²) in [6.45, 7) is 3.57. The van der Waals surface area contributed by atoms with Crippen LogP contribution >= 0.6 is 0 Å². The molecule has 0 bridgehead atoms. The molecule has 1 fully saturated rings. The van der Waals surface area contributed by atoms with Crippen molar-refractivity contribution in [3.63, 3.8) is 0 Å². The molecule has 47 valence electrons. The van der Waals surface area contributed by atoms with Gasteiger partial charge in [-0.2, -0.15) is 0 Å². The minimum Gasteiger partial charge on any atom is -0.329 e. The van der Waals surface area contributed by atoms with Gasteiger partial charge < -0.3 is 11.1 Å². The van der Waals surface area contributed by atoms with Crippen LogP contribution in [0.2, 0.25) is 0 Å². The molecule has 1 heterocycles. The van der Waals surface area contributed by atoms with E-state index in [4.69, 9.17) is 5.73 Å². The van der Waals surface area contributed by atoms with Crippen LogP contribution in [-0.2, 0) is 0 Å². The Morgan fingerprint density at radius 1 is 1.75 bits per heavy atom. The smallest absolute Gasteiger partial charge is 0.0332 e. The van der Waals surface area contributed by atoms with E-state index in [0.717, 1.165) is 19.6 Å². The first-order chi connectivity index (χ1) is 3.93. The Morgan fingerprint density at radius 3 is 3.00 bits per heavy atom. The molecule has 0 saturated carbocycles. The van der Waals surface area contributed by atoms with Gasteiger partial charge in [0.05, 0.1) is 0 Å². The van der Waals surface area contributed by atoms with Gasteiger partial charge in [0.25, 0.3) is 0 Å². The molecule has 1 atom stereocenters. The van der Waals surface area contributed by atoms with E-state index < -0.39 is 0 Å². The average molecular weight is 114 g/mol. The monoisotopic (exact) mass is 114 g/mol. The third kappa shape index (κ3) is 1.43. The lowest BCUT2D eigenvalue weighted by atomic mass is 10.2. The van der Waals surface area contributed by atoms with Crippen LogP contribution in [0.25, 0.3) is 0 Å². The second-order valence-electron chi connectivity index (χ2n) is 2.02. The van der Waals surface area contributed by atoms with Gasteiger partial charge >= 0.3 is 0 Å². The van der Waals surface area contributed by atoms with Gasteiger partial charge in [0, 0.05) is 32.2 Å². The van der Waals surface area contributed by atoms with Crippen LogP contribution in [0.5, 0.6) is 0 Å². The first-order valence-corrected chi connectivity index (χ1v) is 3.00. The van der Waals surface area contributed by atoms with Crippen LogP contribution in [-0.4, -0.2) is 32.2 Å². The number of rotatable bonds is 1. The number of hydrogen-bond acceptors (Lipinski definition) is 2. The number of nitrogens with two attached hydrogens (primary N) is 1. The van der Waals surface area contributed by atoms with Gasteiger partial charge in [-0.3, -0.25) is 0 Å². The first-order valence-electron chi connectivity index (χ1n) is 3.00. The van der Waals surface area contributed by atoms with E-state index in [1.807, 2.05) is 0 Å². The van der Waals surface area contributed by atoms with Gasteiger partial charge in [0.1, 0.15) is 0 Å². The molecule has 1 aliphatic heterocycles. The van der Waals surface area contributed by atoms with Crippen LogP contribution < -0.4 is 16.4 Å². The van der Waals surface area contributed by atoms with Crippen molar-refractivity contribution in [2.24, 2.45) is 5.73 Å². The van der Waals surface area contributed by atoms with E-state index in [1.165, 1.54) is 0 Å². The summed E-state index contributed by atoms with van der Waals surface area (Å²) in [5, 5.41) is 7.44. The summed E-state index contributed by atoms with van der Waals surface area (Å²) in [4.78, 5) is 0. The molecule has 0 amide bonds. The molecule has 3 nitrogen and oxygen atoms in total. The third-order valence-electron chi connectivity index (χ3n) is 1.34. The van der Waals surface area contributed by atoms with E-state index in [1.54, 1.807) is 0 Å². The van der Waals surface area contributed by atoms with Gasteiger partial charge in [-0.05, 0) is 0 Å². The van der Waals surface area contributed by atoms with Crippen molar-refractivity contribution in [3.8, 4) is 0 Å². The van der Waals surface area contributed by atoms with Crippen molar-refractivity contribution in [1.82, 2.24) is 10.6 Å². The highest BCUT2D eigenvalue weighted by atomic mass is 15.1. The summed E-state index contributed by atoms with van der Waals surface area (Å²) in [5.74, 6) is 0. The lowest BCUT2D eigenvalue weighted by molar-refractivity contribution is 0.419. The molecule has 0 aliphatic carbocycles.